The van der Waals surface area contributed by atoms with Gasteiger partial charge in [-0.2, -0.15) is 0 Å². The molecule has 100 valence electrons. The van der Waals surface area contributed by atoms with Gasteiger partial charge in [0.1, 0.15) is 5.60 Å². The first-order chi connectivity index (χ1) is 8.28. The highest BCUT2D eigenvalue weighted by molar-refractivity contribution is 5.69. The van der Waals surface area contributed by atoms with Gasteiger partial charge in [0.25, 0.3) is 0 Å². The number of hydrogen-bond acceptors (Lipinski definition) is 3. The number of esters is 1. The molecule has 1 N–H and O–H groups in total. The van der Waals surface area contributed by atoms with E-state index in [4.69, 9.17) is 4.74 Å². The third kappa shape index (κ3) is 5.32. The summed E-state index contributed by atoms with van der Waals surface area (Å²) in [6, 6.07) is 7.68. The van der Waals surface area contributed by atoms with Crippen molar-refractivity contribution in [3.05, 3.63) is 35.4 Å². The molecule has 3 heteroatoms. The predicted octanol–water partition coefficient (Wildman–Crippen LogP) is 3.15. The molecule has 1 atom stereocenters. The van der Waals surface area contributed by atoms with E-state index in [1.54, 1.807) is 0 Å². The summed E-state index contributed by atoms with van der Waals surface area (Å²) >= 11 is 0. The zero-order chi connectivity index (χ0) is 13.8. The Kier molecular flexibility index (Phi) is 4.91. The summed E-state index contributed by atoms with van der Waals surface area (Å²) in [5.41, 5.74) is 1.48. The van der Waals surface area contributed by atoms with E-state index < -0.39 is 11.7 Å². The Balaban J connectivity index is 2.46. The van der Waals surface area contributed by atoms with Crippen molar-refractivity contribution in [2.75, 3.05) is 0 Å². The first-order valence-electron chi connectivity index (χ1n) is 6.24. The van der Waals surface area contributed by atoms with Gasteiger partial charge in [-0.25, -0.2) is 0 Å². The number of rotatable bonds is 4. The molecule has 0 aliphatic rings. The van der Waals surface area contributed by atoms with Crippen LogP contribution < -0.4 is 0 Å². The van der Waals surface area contributed by atoms with Crippen LogP contribution in [-0.4, -0.2) is 16.7 Å². The lowest BCUT2D eigenvalue weighted by Crippen LogP contribution is -2.24. The van der Waals surface area contributed by atoms with E-state index in [0.29, 0.717) is 6.42 Å². The van der Waals surface area contributed by atoms with E-state index in [0.717, 1.165) is 11.1 Å². The zero-order valence-electron chi connectivity index (χ0n) is 11.6. The van der Waals surface area contributed by atoms with Gasteiger partial charge in [0.05, 0.1) is 6.10 Å². The lowest BCUT2D eigenvalue weighted by molar-refractivity contribution is -0.155. The molecule has 1 rings (SSSR count). The van der Waals surface area contributed by atoms with Gasteiger partial charge in [-0.3, -0.25) is 4.79 Å². The van der Waals surface area contributed by atoms with Crippen LogP contribution in [0.2, 0.25) is 0 Å². The summed E-state index contributed by atoms with van der Waals surface area (Å²) in [4.78, 5) is 11.5. The molecule has 0 aliphatic heterocycles. The Morgan fingerprint density at radius 1 is 1.39 bits per heavy atom. The van der Waals surface area contributed by atoms with E-state index in [-0.39, 0.29) is 12.4 Å². The second-order valence-electron chi connectivity index (χ2n) is 5.56. The fourth-order valence-corrected chi connectivity index (χ4v) is 1.69. The summed E-state index contributed by atoms with van der Waals surface area (Å²) in [6.45, 7) is 7.48. The van der Waals surface area contributed by atoms with E-state index in [1.165, 1.54) is 0 Å². The first kappa shape index (κ1) is 14.7. The summed E-state index contributed by atoms with van der Waals surface area (Å²) in [6.07, 6.45) is 0.00232. The van der Waals surface area contributed by atoms with Crippen LogP contribution >= 0.6 is 0 Å². The second kappa shape index (κ2) is 6.01. The van der Waals surface area contributed by atoms with Crippen molar-refractivity contribution in [2.24, 2.45) is 0 Å². The van der Waals surface area contributed by atoms with Crippen molar-refractivity contribution in [3.8, 4) is 0 Å². The van der Waals surface area contributed by atoms with Crippen molar-refractivity contribution in [1.29, 1.82) is 0 Å². The molecule has 18 heavy (non-hydrogen) atoms. The normalized spacial score (nSPS) is 13.2. The lowest BCUT2D eigenvalue weighted by atomic mass is 10.0. The van der Waals surface area contributed by atoms with Crippen molar-refractivity contribution >= 4 is 5.97 Å². The minimum atomic E-state index is -0.614. The van der Waals surface area contributed by atoms with Crippen molar-refractivity contribution in [3.63, 3.8) is 0 Å². The van der Waals surface area contributed by atoms with Gasteiger partial charge in [-0.1, -0.05) is 29.8 Å². The molecule has 0 fully saturated rings. The second-order valence-corrected chi connectivity index (χ2v) is 5.56. The summed E-state index contributed by atoms with van der Waals surface area (Å²) in [7, 11) is 0. The summed E-state index contributed by atoms with van der Waals surface area (Å²) in [5, 5.41) is 9.98. The van der Waals surface area contributed by atoms with Gasteiger partial charge in [0.15, 0.2) is 0 Å². The average molecular weight is 250 g/mol. The highest BCUT2D eigenvalue weighted by atomic mass is 16.6. The van der Waals surface area contributed by atoms with Gasteiger partial charge in [-0.15, -0.1) is 0 Å². The molecule has 0 amide bonds. The first-order valence-corrected chi connectivity index (χ1v) is 6.24. The van der Waals surface area contributed by atoms with Crippen LogP contribution in [0.4, 0.5) is 0 Å². The molecule has 0 bridgehead atoms. The van der Waals surface area contributed by atoms with Crippen molar-refractivity contribution in [1.82, 2.24) is 0 Å². The monoisotopic (exact) mass is 250 g/mol. The fourth-order valence-electron chi connectivity index (χ4n) is 1.69. The number of hydrogen-bond donors (Lipinski definition) is 1. The smallest absolute Gasteiger partial charge is 0.306 e. The number of benzene rings is 1. The molecular formula is C15H22O3. The van der Waals surface area contributed by atoms with Crippen LogP contribution in [0.3, 0.4) is 0 Å². The van der Waals surface area contributed by atoms with Gasteiger partial charge in [-0.05, 0) is 39.7 Å². The van der Waals surface area contributed by atoms with Gasteiger partial charge in [0.2, 0.25) is 0 Å². The van der Waals surface area contributed by atoms with Gasteiger partial charge < -0.3 is 9.84 Å². The average Bonchev–Trinajstić information content (AvgIpc) is 2.23. The van der Waals surface area contributed by atoms with Gasteiger partial charge >= 0.3 is 5.97 Å². The van der Waals surface area contributed by atoms with Crippen LogP contribution in [0.25, 0.3) is 0 Å². The quantitative estimate of drug-likeness (QED) is 0.835. The van der Waals surface area contributed by atoms with Crippen LogP contribution in [0.1, 0.15) is 50.8 Å². The zero-order valence-corrected chi connectivity index (χ0v) is 11.6. The van der Waals surface area contributed by atoms with Gasteiger partial charge in [0, 0.05) is 6.42 Å². The maximum Gasteiger partial charge on any atom is 0.306 e. The van der Waals surface area contributed by atoms with Crippen LogP contribution in [-0.2, 0) is 9.53 Å². The molecular weight excluding hydrogens is 228 g/mol. The minimum absolute atomic E-state index is 0.229. The Morgan fingerprint density at radius 2 is 2.06 bits per heavy atom. The van der Waals surface area contributed by atoms with Crippen LogP contribution in [0.5, 0.6) is 0 Å². The molecule has 0 aromatic heterocycles. The number of aryl methyl sites for hydroxylation is 1. The number of aliphatic hydroxyl groups is 1. The number of carbonyl (C=O) groups excluding carboxylic acids is 1. The van der Waals surface area contributed by atoms with E-state index in [1.807, 2.05) is 52.0 Å². The Bertz CT molecular complexity index is 404. The Labute approximate surface area is 109 Å². The highest BCUT2D eigenvalue weighted by Crippen LogP contribution is 2.20. The topological polar surface area (TPSA) is 46.5 Å². The number of carbonyl (C=O) groups is 1. The largest absolute Gasteiger partial charge is 0.460 e. The standard InChI is InChI=1S/C15H22O3/c1-11-6-5-7-12(10-11)13(16)8-9-14(17)18-15(2,3)4/h5-7,10,13,16H,8-9H2,1-4H3. The molecule has 0 heterocycles. The predicted molar refractivity (Wildman–Crippen MR) is 71.2 cm³/mol. The molecule has 0 radical (unpaired) electrons. The SMILES string of the molecule is Cc1cccc(C(O)CCC(=O)OC(C)(C)C)c1. The third-order valence-corrected chi connectivity index (χ3v) is 2.47. The van der Waals surface area contributed by atoms with E-state index in [9.17, 15) is 9.90 Å². The molecule has 3 nitrogen and oxygen atoms in total. The Hall–Kier alpha value is -1.35. The molecule has 1 aromatic rings. The molecule has 1 unspecified atom stereocenters. The number of ether oxygens (including phenoxy) is 1. The minimum Gasteiger partial charge on any atom is -0.460 e. The van der Waals surface area contributed by atoms with E-state index >= 15 is 0 Å². The third-order valence-electron chi connectivity index (χ3n) is 2.47. The molecule has 0 saturated carbocycles. The Morgan fingerprint density at radius 3 is 2.61 bits per heavy atom. The van der Waals surface area contributed by atoms with Crippen LogP contribution in [0, 0.1) is 6.92 Å². The highest BCUT2D eigenvalue weighted by Gasteiger charge is 2.17. The molecule has 0 saturated heterocycles. The van der Waals surface area contributed by atoms with Crippen molar-refractivity contribution in [2.45, 2.75) is 52.2 Å². The molecule has 0 spiro atoms. The van der Waals surface area contributed by atoms with Crippen molar-refractivity contribution < 1.29 is 14.6 Å². The molecule has 1 aromatic carbocycles. The maximum atomic E-state index is 11.5. The molecule has 0 aliphatic carbocycles. The summed E-state index contributed by atoms with van der Waals surface area (Å²) in [5.74, 6) is -0.269. The maximum absolute atomic E-state index is 11.5. The fraction of sp³-hybridized carbons (Fsp3) is 0.533. The lowest BCUT2D eigenvalue weighted by Gasteiger charge is -2.20. The summed E-state index contributed by atoms with van der Waals surface area (Å²) < 4.78 is 5.20. The number of aliphatic hydroxyl groups excluding tert-OH is 1. The van der Waals surface area contributed by atoms with Crippen LogP contribution in [0.15, 0.2) is 24.3 Å². The van der Waals surface area contributed by atoms with E-state index in [2.05, 4.69) is 0 Å².